The van der Waals surface area contributed by atoms with Crippen LogP contribution in [0.5, 0.6) is 5.75 Å². The molecule has 0 fully saturated rings. The van der Waals surface area contributed by atoms with Gasteiger partial charge in [-0.2, -0.15) is 0 Å². The van der Waals surface area contributed by atoms with Gasteiger partial charge in [-0.25, -0.2) is 0 Å². The Morgan fingerprint density at radius 3 is 2.89 bits per heavy atom. The van der Waals surface area contributed by atoms with Crippen LogP contribution in [0.3, 0.4) is 0 Å². The minimum Gasteiger partial charge on any atom is -0.488 e. The molecule has 0 spiro atoms. The Hall–Kier alpha value is -0.770. The second kappa shape index (κ2) is 9.18. The highest BCUT2D eigenvalue weighted by atomic mass is 35.5. The molecular weight excluding hydrogens is 262 g/mol. The largest absolute Gasteiger partial charge is 0.488 e. The van der Waals surface area contributed by atoms with Crippen molar-refractivity contribution in [2.24, 2.45) is 0 Å². The molecule has 1 unspecified atom stereocenters. The Balaban J connectivity index is 2.23. The van der Waals surface area contributed by atoms with Gasteiger partial charge in [0.25, 0.3) is 0 Å². The molecule has 0 aromatic heterocycles. The number of benzene rings is 1. The third-order valence-electron chi connectivity index (χ3n) is 2.69. The van der Waals surface area contributed by atoms with Crippen LogP contribution in [0.2, 0.25) is 5.02 Å². The lowest BCUT2D eigenvalue weighted by Crippen LogP contribution is -2.30. The normalized spacial score (nSPS) is 12.4. The molecule has 0 aliphatic heterocycles. The Morgan fingerprint density at radius 1 is 1.37 bits per heavy atom. The quantitative estimate of drug-likeness (QED) is 0.705. The summed E-state index contributed by atoms with van der Waals surface area (Å²) >= 11 is 6.10. The summed E-state index contributed by atoms with van der Waals surface area (Å²) in [7, 11) is 0. The van der Waals surface area contributed by atoms with E-state index < -0.39 is 0 Å². The third-order valence-corrected chi connectivity index (χ3v) is 3.01. The smallest absolute Gasteiger partial charge is 0.138 e. The summed E-state index contributed by atoms with van der Waals surface area (Å²) < 4.78 is 11.1. The average molecular weight is 286 g/mol. The van der Waals surface area contributed by atoms with Gasteiger partial charge in [0.1, 0.15) is 11.9 Å². The number of hydrogen-bond donors (Lipinski definition) is 1. The van der Waals surface area contributed by atoms with Crippen molar-refractivity contribution in [2.45, 2.75) is 33.3 Å². The molecule has 1 N–H and O–H groups in total. The highest BCUT2D eigenvalue weighted by Gasteiger charge is 2.07. The predicted molar refractivity (Wildman–Crippen MR) is 80.3 cm³/mol. The standard InChI is InChI=1S/C15H24ClNO2/c1-4-18-9-5-8-17-11-13(3)19-15-10-12(2)6-7-14(15)16/h6-7,10,13,17H,4-5,8-9,11H2,1-3H3. The molecule has 3 nitrogen and oxygen atoms in total. The average Bonchev–Trinajstić information content (AvgIpc) is 2.38. The van der Waals surface area contributed by atoms with E-state index in [1.54, 1.807) is 0 Å². The van der Waals surface area contributed by atoms with Gasteiger partial charge in [0.2, 0.25) is 0 Å². The van der Waals surface area contributed by atoms with Crippen LogP contribution >= 0.6 is 11.6 Å². The van der Waals surface area contributed by atoms with Crippen molar-refractivity contribution in [1.82, 2.24) is 5.32 Å². The summed E-state index contributed by atoms with van der Waals surface area (Å²) in [6.45, 7) is 9.41. The maximum atomic E-state index is 6.10. The van der Waals surface area contributed by atoms with Crippen molar-refractivity contribution in [3.63, 3.8) is 0 Å². The highest BCUT2D eigenvalue weighted by Crippen LogP contribution is 2.26. The van der Waals surface area contributed by atoms with Crippen LogP contribution in [0.15, 0.2) is 18.2 Å². The van der Waals surface area contributed by atoms with Crippen molar-refractivity contribution in [3.8, 4) is 5.75 Å². The molecule has 0 aliphatic carbocycles. The van der Waals surface area contributed by atoms with Crippen molar-refractivity contribution in [1.29, 1.82) is 0 Å². The van der Waals surface area contributed by atoms with Crippen molar-refractivity contribution >= 4 is 11.6 Å². The van der Waals surface area contributed by atoms with Crippen LogP contribution in [-0.4, -0.2) is 32.4 Å². The van der Waals surface area contributed by atoms with Gasteiger partial charge in [-0.3, -0.25) is 0 Å². The molecular formula is C15H24ClNO2. The molecule has 4 heteroatoms. The molecule has 19 heavy (non-hydrogen) atoms. The SMILES string of the molecule is CCOCCCNCC(C)Oc1cc(C)ccc1Cl. The van der Waals surface area contributed by atoms with Gasteiger partial charge in [0.05, 0.1) is 5.02 Å². The van der Waals surface area contributed by atoms with Crippen molar-refractivity contribution in [3.05, 3.63) is 28.8 Å². The monoisotopic (exact) mass is 285 g/mol. The maximum Gasteiger partial charge on any atom is 0.138 e. The van der Waals surface area contributed by atoms with Gasteiger partial charge in [-0.1, -0.05) is 17.7 Å². The number of rotatable bonds is 9. The van der Waals surface area contributed by atoms with Crippen LogP contribution in [0.4, 0.5) is 0 Å². The van der Waals surface area contributed by atoms with Crippen LogP contribution in [-0.2, 0) is 4.74 Å². The first-order valence-corrected chi connectivity index (χ1v) is 7.22. The summed E-state index contributed by atoms with van der Waals surface area (Å²) in [6, 6.07) is 5.81. The Kier molecular flexibility index (Phi) is 7.87. The van der Waals surface area contributed by atoms with E-state index in [-0.39, 0.29) is 6.10 Å². The summed E-state index contributed by atoms with van der Waals surface area (Å²) in [5.74, 6) is 0.755. The second-order valence-electron chi connectivity index (χ2n) is 4.62. The van der Waals surface area contributed by atoms with Crippen LogP contribution in [0, 0.1) is 6.92 Å². The van der Waals surface area contributed by atoms with Crippen LogP contribution in [0.25, 0.3) is 0 Å². The number of halogens is 1. The van der Waals surface area contributed by atoms with Gasteiger partial charge in [0.15, 0.2) is 0 Å². The first kappa shape index (κ1) is 16.3. The first-order chi connectivity index (χ1) is 9.13. The fraction of sp³-hybridized carbons (Fsp3) is 0.600. The molecule has 0 aliphatic rings. The maximum absolute atomic E-state index is 6.10. The Labute approximate surface area is 121 Å². The van der Waals surface area contributed by atoms with E-state index in [4.69, 9.17) is 21.1 Å². The Bertz CT molecular complexity index is 371. The summed E-state index contributed by atoms with van der Waals surface area (Å²) in [4.78, 5) is 0. The number of ether oxygens (including phenoxy) is 2. The van der Waals surface area contributed by atoms with Gasteiger partial charge in [-0.15, -0.1) is 0 Å². The summed E-state index contributed by atoms with van der Waals surface area (Å²) in [5.41, 5.74) is 1.15. The van der Waals surface area contributed by atoms with Gasteiger partial charge < -0.3 is 14.8 Å². The van der Waals surface area contributed by atoms with Gasteiger partial charge >= 0.3 is 0 Å². The van der Waals surface area contributed by atoms with Gasteiger partial charge in [-0.05, 0) is 51.4 Å². The van der Waals surface area contributed by atoms with E-state index in [0.717, 1.165) is 44.0 Å². The zero-order chi connectivity index (χ0) is 14.1. The second-order valence-corrected chi connectivity index (χ2v) is 5.02. The highest BCUT2D eigenvalue weighted by molar-refractivity contribution is 6.32. The molecule has 0 saturated carbocycles. The molecule has 108 valence electrons. The van der Waals surface area contributed by atoms with E-state index in [0.29, 0.717) is 5.02 Å². The zero-order valence-corrected chi connectivity index (χ0v) is 12.8. The van der Waals surface area contributed by atoms with E-state index in [9.17, 15) is 0 Å². The fourth-order valence-corrected chi connectivity index (χ4v) is 1.87. The number of nitrogens with one attached hydrogen (secondary N) is 1. The minimum atomic E-state index is 0.0893. The minimum absolute atomic E-state index is 0.0893. The van der Waals surface area contributed by atoms with E-state index >= 15 is 0 Å². The van der Waals surface area contributed by atoms with E-state index in [1.165, 1.54) is 0 Å². The third kappa shape index (κ3) is 6.81. The van der Waals surface area contributed by atoms with Crippen LogP contribution < -0.4 is 10.1 Å². The molecule has 0 heterocycles. The Morgan fingerprint density at radius 2 is 2.16 bits per heavy atom. The molecule has 1 rings (SSSR count). The van der Waals surface area contributed by atoms with E-state index in [2.05, 4.69) is 5.32 Å². The predicted octanol–water partition coefficient (Wildman–Crippen LogP) is 3.43. The van der Waals surface area contributed by atoms with Crippen molar-refractivity contribution < 1.29 is 9.47 Å². The lowest BCUT2D eigenvalue weighted by Gasteiger charge is -2.16. The number of hydrogen-bond acceptors (Lipinski definition) is 3. The molecule has 1 aromatic carbocycles. The molecule has 1 aromatic rings. The van der Waals surface area contributed by atoms with E-state index in [1.807, 2.05) is 39.0 Å². The summed E-state index contributed by atoms with van der Waals surface area (Å²) in [6.07, 6.45) is 1.11. The molecule has 0 amide bonds. The molecule has 0 saturated heterocycles. The first-order valence-electron chi connectivity index (χ1n) is 6.84. The topological polar surface area (TPSA) is 30.5 Å². The molecule has 0 radical (unpaired) electrons. The lowest BCUT2D eigenvalue weighted by atomic mass is 10.2. The number of aryl methyl sites for hydroxylation is 1. The van der Waals surface area contributed by atoms with Crippen LogP contribution in [0.1, 0.15) is 25.8 Å². The molecule has 1 atom stereocenters. The van der Waals surface area contributed by atoms with Crippen molar-refractivity contribution in [2.75, 3.05) is 26.3 Å². The van der Waals surface area contributed by atoms with Gasteiger partial charge in [0, 0.05) is 19.8 Å². The molecule has 0 bridgehead atoms. The zero-order valence-electron chi connectivity index (χ0n) is 12.0. The lowest BCUT2D eigenvalue weighted by molar-refractivity contribution is 0.143. The summed E-state index contributed by atoms with van der Waals surface area (Å²) in [5, 5.41) is 4.01. The fourth-order valence-electron chi connectivity index (χ4n) is 1.71.